The van der Waals surface area contributed by atoms with Gasteiger partial charge in [-0.3, -0.25) is 9.59 Å². The largest absolute Gasteiger partial charge is 0.454 e. The number of nitrogens with zero attached hydrogens (tertiary/aromatic N) is 2. The summed E-state index contributed by atoms with van der Waals surface area (Å²) in [6, 6.07) is 18.2. The van der Waals surface area contributed by atoms with Gasteiger partial charge in [-0.05, 0) is 29.8 Å². The summed E-state index contributed by atoms with van der Waals surface area (Å²) in [7, 11) is 0. The monoisotopic (exact) mass is 389 g/mol. The Kier molecular flexibility index (Phi) is 5.38. The molecule has 0 saturated heterocycles. The quantitative estimate of drug-likeness (QED) is 0.655. The summed E-state index contributed by atoms with van der Waals surface area (Å²) in [6.07, 6.45) is 3.13. The second-order valence-corrected chi connectivity index (χ2v) is 6.38. The molecule has 1 aliphatic rings. The third kappa shape index (κ3) is 4.52. The van der Waals surface area contributed by atoms with Gasteiger partial charge in [-0.1, -0.05) is 36.4 Å². The molecule has 0 spiro atoms. The Hall–Kier alpha value is -3.87. The molecule has 0 unspecified atom stereocenters. The van der Waals surface area contributed by atoms with Crippen LogP contribution in [0.15, 0.2) is 71.5 Å². The summed E-state index contributed by atoms with van der Waals surface area (Å²) < 4.78 is 11.9. The summed E-state index contributed by atoms with van der Waals surface area (Å²) in [6.45, 7) is 0.778. The number of hydrogen-bond donors (Lipinski definition) is 1. The maximum Gasteiger partial charge on any atom is 0.266 e. The smallest absolute Gasteiger partial charge is 0.266 e. The minimum absolute atomic E-state index is 0.210. The lowest BCUT2D eigenvalue weighted by Crippen LogP contribution is -2.31. The van der Waals surface area contributed by atoms with E-state index in [9.17, 15) is 9.59 Å². The highest BCUT2D eigenvalue weighted by atomic mass is 16.7. The first kappa shape index (κ1) is 18.5. The predicted molar refractivity (Wildman–Crippen MR) is 109 cm³/mol. The number of amides is 1. The van der Waals surface area contributed by atoms with Crippen LogP contribution < -0.4 is 20.3 Å². The molecule has 29 heavy (non-hydrogen) atoms. The van der Waals surface area contributed by atoms with Crippen molar-refractivity contribution < 1.29 is 14.3 Å². The van der Waals surface area contributed by atoms with Crippen molar-refractivity contribution in [2.75, 3.05) is 13.3 Å². The minimum Gasteiger partial charge on any atom is -0.454 e. The summed E-state index contributed by atoms with van der Waals surface area (Å²) in [5, 5.41) is 7.13. The van der Waals surface area contributed by atoms with Crippen LogP contribution in [0.25, 0.3) is 17.3 Å². The van der Waals surface area contributed by atoms with E-state index in [1.165, 1.54) is 16.8 Å². The molecule has 2 aromatic carbocycles. The van der Waals surface area contributed by atoms with Gasteiger partial charge in [-0.2, -0.15) is 5.10 Å². The van der Waals surface area contributed by atoms with E-state index in [4.69, 9.17) is 9.47 Å². The first-order valence-corrected chi connectivity index (χ1v) is 9.18. The van der Waals surface area contributed by atoms with Gasteiger partial charge in [-0.15, -0.1) is 0 Å². The molecule has 2 heterocycles. The van der Waals surface area contributed by atoms with E-state index in [0.717, 1.165) is 11.1 Å². The average Bonchev–Trinajstić information content (AvgIpc) is 3.22. The number of rotatable bonds is 6. The highest BCUT2D eigenvalue weighted by molar-refractivity contribution is 5.91. The highest BCUT2D eigenvalue weighted by Crippen LogP contribution is 2.32. The van der Waals surface area contributed by atoms with Crippen molar-refractivity contribution in [2.24, 2.45) is 0 Å². The highest BCUT2D eigenvalue weighted by Gasteiger charge is 2.12. The number of benzene rings is 2. The molecule has 0 aliphatic carbocycles. The standard InChI is InChI=1S/C22H19N3O4/c26-21(10-7-16-6-9-19-20(14-16)29-15-28-19)23-12-13-25-22(27)11-8-18(24-25)17-4-2-1-3-5-17/h1-11,14H,12-13,15H2,(H,23,26)/b10-7+. The Morgan fingerprint density at radius 2 is 1.90 bits per heavy atom. The molecule has 1 N–H and O–H groups in total. The van der Waals surface area contributed by atoms with E-state index in [2.05, 4.69) is 10.4 Å². The fourth-order valence-corrected chi connectivity index (χ4v) is 2.90. The molecule has 1 aliphatic heterocycles. The number of fused-ring (bicyclic) bond motifs is 1. The van der Waals surface area contributed by atoms with Crippen LogP contribution in [-0.4, -0.2) is 29.0 Å². The first-order valence-electron chi connectivity index (χ1n) is 9.18. The van der Waals surface area contributed by atoms with Gasteiger partial charge in [0.1, 0.15) is 0 Å². The van der Waals surface area contributed by atoms with Crippen LogP contribution in [0.4, 0.5) is 0 Å². The van der Waals surface area contributed by atoms with Gasteiger partial charge >= 0.3 is 0 Å². The molecular formula is C22H19N3O4. The van der Waals surface area contributed by atoms with E-state index >= 15 is 0 Å². The Bertz CT molecular complexity index is 1110. The van der Waals surface area contributed by atoms with Crippen molar-refractivity contribution in [3.8, 4) is 22.8 Å². The first-order chi connectivity index (χ1) is 14.2. The van der Waals surface area contributed by atoms with Crippen LogP contribution in [0.3, 0.4) is 0 Å². The van der Waals surface area contributed by atoms with Crippen molar-refractivity contribution in [3.05, 3.63) is 82.7 Å². The second kappa shape index (κ2) is 8.43. The number of ether oxygens (including phenoxy) is 2. The molecule has 146 valence electrons. The minimum atomic E-state index is -0.255. The number of nitrogens with one attached hydrogen (secondary N) is 1. The normalized spacial score (nSPS) is 12.3. The van der Waals surface area contributed by atoms with Gasteiger partial charge < -0.3 is 14.8 Å². The molecular weight excluding hydrogens is 370 g/mol. The average molecular weight is 389 g/mol. The molecule has 0 radical (unpaired) electrons. The maximum absolute atomic E-state index is 12.1. The summed E-state index contributed by atoms with van der Waals surface area (Å²) >= 11 is 0. The van der Waals surface area contributed by atoms with E-state index in [1.807, 2.05) is 42.5 Å². The van der Waals surface area contributed by atoms with Crippen LogP contribution in [0, 0.1) is 0 Å². The fraction of sp³-hybridized carbons (Fsp3) is 0.136. The second-order valence-electron chi connectivity index (χ2n) is 6.38. The molecule has 0 saturated carbocycles. The van der Waals surface area contributed by atoms with Crippen LogP contribution in [-0.2, 0) is 11.3 Å². The van der Waals surface area contributed by atoms with Gasteiger partial charge in [0.15, 0.2) is 11.5 Å². The lowest BCUT2D eigenvalue weighted by atomic mass is 10.1. The summed E-state index contributed by atoms with van der Waals surface area (Å²) in [5.41, 5.74) is 2.25. The Balaban J connectivity index is 1.34. The number of hydrogen-bond acceptors (Lipinski definition) is 5. The maximum atomic E-state index is 12.1. The van der Waals surface area contributed by atoms with Gasteiger partial charge in [-0.25, -0.2) is 4.68 Å². The van der Waals surface area contributed by atoms with Gasteiger partial charge in [0, 0.05) is 24.3 Å². The van der Waals surface area contributed by atoms with E-state index in [1.54, 1.807) is 18.2 Å². The van der Waals surface area contributed by atoms with Crippen LogP contribution in [0.2, 0.25) is 0 Å². The SMILES string of the molecule is O=C(/C=C/c1ccc2c(c1)OCO2)NCCn1nc(-c2ccccc2)ccc1=O. The molecule has 1 aromatic heterocycles. The van der Waals surface area contributed by atoms with Crippen LogP contribution >= 0.6 is 0 Å². The van der Waals surface area contributed by atoms with Gasteiger partial charge in [0.25, 0.3) is 5.56 Å². The Morgan fingerprint density at radius 3 is 2.76 bits per heavy atom. The Morgan fingerprint density at radius 1 is 1.07 bits per heavy atom. The molecule has 1 amide bonds. The topological polar surface area (TPSA) is 82.4 Å². The molecule has 0 atom stereocenters. The third-order valence-electron chi connectivity index (χ3n) is 4.38. The van der Waals surface area contributed by atoms with Gasteiger partial charge in [0.05, 0.1) is 12.2 Å². The van der Waals surface area contributed by atoms with Crippen molar-refractivity contribution >= 4 is 12.0 Å². The zero-order chi connectivity index (χ0) is 20.1. The fourth-order valence-electron chi connectivity index (χ4n) is 2.90. The molecule has 3 aromatic rings. The van der Waals surface area contributed by atoms with Crippen molar-refractivity contribution in [1.82, 2.24) is 15.1 Å². The van der Waals surface area contributed by atoms with Crippen LogP contribution in [0.5, 0.6) is 11.5 Å². The summed E-state index contributed by atoms with van der Waals surface area (Å²) in [5.74, 6) is 1.11. The van der Waals surface area contributed by atoms with E-state index in [-0.39, 0.29) is 31.3 Å². The van der Waals surface area contributed by atoms with E-state index in [0.29, 0.717) is 17.2 Å². The molecule has 7 heteroatoms. The predicted octanol–water partition coefficient (Wildman–Crippen LogP) is 2.47. The summed E-state index contributed by atoms with van der Waals surface area (Å²) in [4.78, 5) is 24.1. The van der Waals surface area contributed by atoms with E-state index < -0.39 is 0 Å². The number of carbonyl (C=O) groups is 1. The number of aromatic nitrogens is 2. The lowest BCUT2D eigenvalue weighted by Gasteiger charge is -2.07. The molecule has 0 bridgehead atoms. The molecule has 7 nitrogen and oxygen atoms in total. The van der Waals surface area contributed by atoms with Crippen molar-refractivity contribution in [1.29, 1.82) is 0 Å². The number of carbonyl (C=O) groups excluding carboxylic acids is 1. The van der Waals surface area contributed by atoms with Crippen molar-refractivity contribution in [2.45, 2.75) is 6.54 Å². The van der Waals surface area contributed by atoms with Gasteiger partial charge in [0.2, 0.25) is 12.7 Å². The molecule has 0 fully saturated rings. The van der Waals surface area contributed by atoms with Crippen molar-refractivity contribution in [3.63, 3.8) is 0 Å². The molecule has 4 rings (SSSR count). The third-order valence-corrected chi connectivity index (χ3v) is 4.38. The zero-order valence-electron chi connectivity index (χ0n) is 15.6. The lowest BCUT2D eigenvalue weighted by molar-refractivity contribution is -0.116. The van der Waals surface area contributed by atoms with Crippen LogP contribution in [0.1, 0.15) is 5.56 Å². The zero-order valence-corrected chi connectivity index (χ0v) is 15.6. The Labute approximate surface area is 167 Å².